The topological polar surface area (TPSA) is 35.2 Å². The molecular weight excluding hydrogens is 221 g/mol. The first kappa shape index (κ1) is 11.3. The molecule has 0 saturated heterocycles. The van der Waals surface area contributed by atoms with Crippen molar-refractivity contribution < 1.29 is 8.82 Å². The molecule has 0 fully saturated rings. The van der Waals surface area contributed by atoms with E-state index < -0.39 is 14.1 Å². The van der Waals surface area contributed by atoms with Gasteiger partial charge in [0.15, 0.2) is 5.82 Å². The van der Waals surface area contributed by atoms with Gasteiger partial charge in [0.05, 0.1) is 10.7 Å². The minimum absolute atomic E-state index is 0.184. The molecule has 0 radical (unpaired) electrons. The average Bonchev–Trinajstić information content (AvgIpc) is 1.97. The minimum atomic E-state index is -1.81. The molecule has 0 atom stereocenters. The second-order valence-corrected chi connectivity index (χ2v) is 8.85. The van der Waals surface area contributed by atoms with Crippen LogP contribution in [0.15, 0.2) is 12.1 Å². The first-order valence-electron chi connectivity index (χ1n) is 4.23. The van der Waals surface area contributed by atoms with Crippen LogP contribution in [0.4, 0.5) is 10.1 Å². The smallest absolute Gasteiger partial charge is 0.242 e. The van der Waals surface area contributed by atoms with Crippen LogP contribution in [0.1, 0.15) is 0 Å². The van der Waals surface area contributed by atoms with Crippen molar-refractivity contribution in [1.29, 1.82) is 0 Å². The van der Waals surface area contributed by atoms with Crippen molar-refractivity contribution in [1.82, 2.24) is 0 Å². The summed E-state index contributed by atoms with van der Waals surface area (Å²) in [6.07, 6.45) is 0. The summed E-state index contributed by atoms with van der Waals surface area (Å²) in [4.78, 5) is 0. The zero-order valence-corrected chi connectivity index (χ0v) is 10.2. The standard InChI is InChI=1S/C9H13ClFNOSi/c1-14(2,3)13-9-4-6(10)8(12)5-7(9)11/h4-5H,12H2,1-3H3. The Morgan fingerprint density at radius 2 is 1.93 bits per heavy atom. The van der Waals surface area contributed by atoms with Crippen LogP contribution in [0.3, 0.4) is 0 Å². The van der Waals surface area contributed by atoms with Crippen LogP contribution >= 0.6 is 11.6 Å². The average molecular weight is 234 g/mol. The quantitative estimate of drug-likeness (QED) is 0.629. The molecule has 0 spiro atoms. The number of halogens is 2. The van der Waals surface area contributed by atoms with E-state index in [1.165, 1.54) is 12.1 Å². The van der Waals surface area contributed by atoms with Crippen molar-refractivity contribution in [2.24, 2.45) is 0 Å². The van der Waals surface area contributed by atoms with Gasteiger partial charge in [-0.2, -0.15) is 0 Å². The van der Waals surface area contributed by atoms with Crippen LogP contribution in [0.25, 0.3) is 0 Å². The summed E-state index contributed by atoms with van der Waals surface area (Å²) in [6.45, 7) is 5.91. The molecule has 1 aromatic carbocycles. The summed E-state index contributed by atoms with van der Waals surface area (Å²) in [5.74, 6) is -0.280. The lowest BCUT2D eigenvalue weighted by atomic mass is 10.3. The van der Waals surface area contributed by atoms with Gasteiger partial charge in [-0.05, 0) is 19.6 Å². The zero-order valence-electron chi connectivity index (χ0n) is 8.40. The first-order chi connectivity index (χ1) is 6.29. The summed E-state index contributed by atoms with van der Waals surface area (Å²) in [7, 11) is -1.81. The van der Waals surface area contributed by atoms with Crippen molar-refractivity contribution in [2.45, 2.75) is 19.6 Å². The first-order valence-corrected chi connectivity index (χ1v) is 8.02. The molecule has 0 aliphatic heterocycles. The van der Waals surface area contributed by atoms with Crippen LogP contribution in [0.5, 0.6) is 5.75 Å². The third-order valence-electron chi connectivity index (χ3n) is 1.47. The second kappa shape index (κ2) is 3.79. The molecule has 0 heterocycles. The fourth-order valence-electron chi connectivity index (χ4n) is 0.952. The number of anilines is 1. The van der Waals surface area contributed by atoms with Crippen molar-refractivity contribution in [3.8, 4) is 5.75 Å². The summed E-state index contributed by atoms with van der Waals surface area (Å²) in [5.41, 5.74) is 5.67. The molecule has 0 unspecified atom stereocenters. The lowest BCUT2D eigenvalue weighted by Crippen LogP contribution is -2.29. The Kier molecular flexibility index (Phi) is 3.06. The Morgan fingerprint density at radius 1 is 1.36 bits per heavy atom. The molecule has 78 valence electrons. The van der Waals surface area contributed by atoms with E-state index in [1.54, 1.807) is 0 Å². The molecule has 5 heteroatoms. The molecule has 0 amide bonds. The van der Waals surface area contributed by atoms with Gasteiger partial charge in [0.1, 0.15) is 5.75 Å². The summed E-state index contributed by atoms with van der Waals surface area (Å²) in [6, 6.07) is 2.60. The third kappa shape index (κ3) is 2.89. The molecule has 2 nitrogen and oxygen atoms in total. The van der Waals surface area contributed by atoms with E-state index in [0.717, 1.165) is 0 Å². The molecule has 1 rings (SSSR count). The number of nitrogen functional groups attached to an aromatic ring is 1. The second-order valence-electron chi connectivity index (χ2n) is 4.02. The Balaban J connectivity index is 3.04. The third-order valence-corrected chi connectivity index (χ3v) is 2.63. The van der Waals surface area contributed by atoms with Crippen molar-refractivity contribution in [2.75, 3.05) is 5.73 Å². The van der Waals surface area contributed by atoms with E-state index in [0.29, 0.717) is 5.02 Å². The molecule has 0 bridgehead atoms. The van der Waals surface area contributed by atoms with E-state index >= 15 is 0 Å². The highest BCUT2D eigenvalue weighted by atomic mass is 35.5. The number of benzene rings is 1. The Hall–Kier alpha value is -0.743. The van der Waals surface area contributed by atoms with Gasteiger partial charge in [-0.25, -0.2) is 4.39 Å². The number of hydrogen-bond acceptors (Lipinski definition) is 2. The maximum absolute atomic E-state index is 13.3. The van der Waals surface area contributed by atoms with Crippen LogP contribution < -0.4 is 10.2 Å². The molecule has 0 aliphatic carbocycles. The van der Waals surface area contributed by atoms with Gasteiger partial charge in [-0.1, -0.05) is 11.6 Å². The Labute approximate surface area is 89.0 Å². The molecule has 1 aromatic rings. The summed E-state index contributed by atoms with van der Waals surface area (Å²) < 4.78 is 18.8. The molecule has 0 aromatic heterocycles. The van der Waals surface area contributed by atoms with Gasteiger partial charge in [0.25, 0.3) is 0 Å². The zero-order chi connectivity index (χ0) is 10.9. The molecule has 2 N–H and O–H groups in total. The van der Waals surface area contributed by atoms with Crippen molar-refractivity contribution in [3.05, 3.63) is 23.0 Å². The SMILES string of the molecule is C[Si](C)(C)Oc1cc(Cl)c(N)cc1F. The number of nitrogens with two attached hydrogens (primary N) is 1. The lowest BCUT2D eigenvalue weighted by molar-refractivity contribution is 0.496. The number of hydrogen-bond donors (Lipinski definition) is 1. The Morgan fingerprint density at radius 3 is 2.43 bits per heavy atom. The van der Waals surface area contributed by atoms with Gasteiger partial charge < -0.3 is 10.2 Å². The van der Waals surface area contributed by atoms with Crippen molar-refractivity contribution >= 4 is 25.6 Å². The normalized spacial score (nSPS) is 11.5. The summed E-state index contributed by atoms with van der Waals surface area (Å²) in [5, 5.41) is 0.319. The van der Waals surface area contributed by atoms with E-state index in [2.05, 4.69) is 0 Å². The van der Waals surface area contributed by atoms with Gasteiger partial charge in [0, 0.05) is 12.1 Å². The number of rotatable bonds is 2. The van der Waals surface area contributed by atoms with E-state index in [4.69, 9.17) is 21.8 Å². The van der Waals surface area contributed by atoms with Gasteiger partial charge in [-0.3, -0.25) is 0 Å². The Bertz CT molecular complexity index is 351. The van der Waals surface area contributed by atoms with Gasteiger partial charge in [0.2, 0.25) is 8.32 Å². The van der Waals surface area contributed by atoms with Gasteiger partial charge >= 0.3 is 0 Å². The fourth-order valence-corrected chi connectivity index (χ4v) is 1.92. The fraction of sp³-hybridized carbons (Fsp3) is 0.333. The monoisotopic (exact) mass is 233 g/mol. The molecule has 14 heavy (non-hydrogen) atoms. The van der Waals surface area contributed by atoms with Gasteiger partial charge in [-0.15, -0.1) is 0 Å². The van der Waals surface area contributed by atoms with E-state index in [9.17, 15) is 4.39 Å². The van der Waals surface area contributed by atoms with E-state index in [1.807, 2.05) is 19.6 Å². The van der Waals surface area contributed by atoms with E-state index in [-0.39, 0.29) is 11.4 Å². The highest BCUT2D eigenvalue weighted by Gasteiger charge is 2.19. The van der Waals surface area contributed by atoms with Crippen LogP contribution in [0.2, 0.25) is 24.7 Å². The molecule has 0 aliphatic rings. The highest BCUT2D eigenvalue weighted by Crippen LogP contribution is 2.29. The predicted octanol–water partition coefficient (Wildman–Crippen LogP) is 3.28. The highest BCUT2D eigenvalue weighted by molar-refractivity contribution is 6.70. The van der Waals surface area contributed by atoms with Crippen LogP contribution in [-0.4, -0.2) is 8.32 Å². The van der Waals surface area contributed by atoms with Crippen molar-refractivity contribution in [3.63, 3.8) is 0 Å². The maximum Gasteiger partial charge on any atom is 0.242 e. The lowest BCUT2D eigenvalue weighted by Gasteiger charge is -2.19. The van der Waals surface area contributed by atoms with Crippen LogP contribution in [-0.2, 0) is 0 Å². The maximum atomic E-state index is 13.3. The molecular formula is C9H13ClFNOSi. The predicted molar refractivity (Wildman–Crippen MR) is 59.8 cm³/mol. The summed E-state index contributed by atoms with van der Waals surface area (Å²) >= 11 is 5.76. The minimum Gasteiger partial charge on any atom is -0.542 e. The van der Waals surface area contributed by atoms with Crippen LogP contribution in [0, 0.1) is 5.82 Å². The largest absolute Gasteiger partial charge is 0.542 e. The molecule has 0 saturated carbocycles.